The quantitative estimate of drug-likeness (QED) is 0.177. The van der Waals surface area contributed by atoms with E-state index in [0.717, 1.165) is 80.8 Å². The fourth-order valence-corrected chi connectivity index (χ4v) is 13.0. The Bertz CT molecular complexity index is 4440. The first-order valence-corrected chi connectivity index (χ1v) is 22.8. The van der Waals surface area contributed by atoms with E-state index in [2.05, 4.69) is 144 Å². The van der Waals surface area contributed by atoms with Crippen molar-refractivity contribution in [2.75, 3.05) is 0 Å². The van der Waals surface area contributed by atoms with Gasteiger partial charge in [-0.15, -0.1) is 34.0 Å². The Morgan fingerprint density at radius 3 is 1.84 bits per heavy atom. The van der Waals surface area contributed by atoms with Crippen LogP contribution >= 0.6 is 34.0 Å². The second kappa shape index (κ2) is 13.1. The second-order valence-electron chi connectivity index (χ2n) is 15.7. The summed E-state index contributed by atoms with van der Waals surface area (Å²) in [5.41, 5.74) is 7.48. The van der Waals surface area contributed by atoms with E-state index in [0.29, 0.717) is 11.4 Å². The molecule has 9 aromatic carbocycles. The van der Waals surface area contributed by atoms with Gasteiger partial charge < -0.3 is 4.57 Å². The van der Waals surface area contributed by atoms with Gasteiger partial charge in [-0.05, 0) is 77.2 Å². The predicted molar refractivity (Wildman–Crippen MR) is 269 cm³/mol. The summed E-state index contributed by atoms with van der Waals surface area (Å²) < 4.78 is 52.5. The highest BCUT2D eigenvalue weighted by atomic mass is 32.1. The lowest BCUT2D eigenvalue weighted by Gasteiger charge is -2.12. The number of thiophene rings is 3. The average molecular weight is 847 g/mol. The van der Waals surface area contributed by atoms with E-state index in [1.165, 1.54) is 35.0 Å². The Balaban J connectivity index is 1.03. The van der Waals surface area contributed by atoms with Crippen LogP contribution in [0.1, 0.15) is 6.85 Å². The van der Waals surface area contributed by atoms with Gasteiger partial charge in [-0.25, -0.2) is 9.97 Å². The van der Waals surface area contributed by atoms with Crippen LogP contribution in [0.2, 0.25) is 0 Å². The number of nitrogens with zero attached hydrogens (tertiary/aromatic N) is 3. The Labute approximate surface area is 374 Å². The van der Waals surface area contributed by atoms with Crippen molar-refractivity contribution in [3.05, 3.63) is 188 Å². The molecule has 6 heteroatoms. The molecule has 0 aliphatic carbocycles. The predicted octanol–water partition coefficient (Wildman–Crippen LogP) is 16.8. The normalized spacial score (nSPS) is 13.3. The van der Waals surface area contributed by atoms with Crippen molar-refractivity contribution in [1.82, 2.24) is 14.5 Å². The van der Waals surface area contributed by atoms with Gasteiger partial charge in [0.1, 0.15) is 0 Å². The minimum atomic E-state index is -0.405. The summed E-state index contributed by atoms with van der Waals surface area (Å²) in [4.78, 5) is 10.7. The van der Waals surface area contributed by atoms with Crippen molar-refractivity contribution < 1.29 is 6.85 Å². The maximum atomic E-state index is 8.90. The van der Waals surface area contributed by atoms with Crippen LogP contribution in [0.4, 0.5) is 0 Å². The summed E-state index contributed by atoms with van der Waals surface area (Å²) in [5.74, 6) is 0.684. The molecule has 0 unspecified atom stereocenters. The Morgan fingerprint density at radius 1 is 0.419 bits per heavy atom. The van der Waals surface area contributed by atoms with Gasteiger partial charge in [0.05, 0.1) is 33.8 Å². The lowest BCUT2D eigenvalue weighted by molar-refractivity contribution is 1.18. The summed E-state index contributed by atoms with van der Waals surface area (Å²) in [6.07, 6.45) is 0. The molecule has 0 bridgehead atoms. The fourth-order valence-electron chi connectivity index (χ4n) is 9.54. The fraction of sp³-hybridized carbons (Fsp3) is 0. The van der Waals surface area contributed by atoms with Crippen molar-refractivity contribution in [2.24, 2.45) is 0 Å². The van der Waals surface area contributed by atoms with Crippen molar-refractivity contribution in [3.63, 3.8) is 0 Å². The van der Waals surface area contributed by atoms with Crippen LogP contribution < -0.4 is 0 Å². The lowest BCUT2D eigenvalue weighted by atomic mass is 9.98. The number of hydrogen-bond acceptors (Lipinski definition) is 5. The largest absolute Gasteiger partial charge is 0.309 e. The van der Waals surface area contributed by atoms with Gasteiger partial charge in [-0.2, -0.15) is 0 Å². The van der Waals surface area contributed by atoms with E-state index in [1.54, 1.807) is 34.0 Å². The summed E-state index contributed by atoms with van der Waals surface area (Å²) in [5, 5.41) is 10.1. The molecule has 14 aromatic rings. The SMILES string of the molecule is [2H]c1c([2H])c([2H])c(-c2ccc3c(c2)c2c4ccccc4c4sc5ccccc5c4c2n3-c2ccc(-c3nc(-c4ccc5sc6ccccc6c5c4)nc4c3sc3ccccc34)cc2)c([2H])c1[2H]. The zero-order valence-electron chi connectivity index (χ0n) is 37.6. The van der Waals surface area contributed by atoms with Crippen LogP contribution in [-0.2, 0) is 0 Å². The molecule has 5 heterocycles. The molecule has 0 spiro atoms. The molecule has 0 atom stereocenters. The molecule has 288 valence electrons. The van der Waals surface area contributed by atoms with Crippen LogP contribution in [0, 0.1) is 0 Å². The average Bonchev–Trinajstić information content (AvgIpc) is 4.14. The topological polar surface area (TPSA) is 30.7 Å². The molecule has 0 saturated heterocycles. The van der Waals surface area contributed by atoms with E-state index in [1.807, 2.05) is 18.2 Å². The molecule has 0 saturated carbocycles. The maximum absolute atomic E-state index is 8.90. The van der Waals surface area contributed by atoms with Crippen LogP contribution in [0.15, 0.2) is 188 Å². The summed E-state index contributed by atoms with van der Waals surface area (Å²) in [6.45, 7) is 0. The molecule has 14 rings (SSSR count). The number of fused-ring (bicyclic) bond motifs is 16. The molecule has 0 fully saturated rings. The molecule has 0 radical (unpaired) electrons. The lowest BCUT2D eigenvalue weighted by Crippen LogP contribution is -1.96. The highest BCUT2D eigenvalue weighted by Gasteiger charge is 2.23. The van der Waals surface area contributed by atoms with E-state index < -0.39 is 6.04 Å². The zero-order chi connectivity index (χ0) is 44.8. The molecule has 62 heavy (non-hydrogen) atoms. The third kappa shape index (κ3) is 4.97. The third-order valence-corrected chi connectivity index (χ3v) is 15.8. The first-order valence-electron chi connectivity index (χ1n) is 22.9. The molecule has 0 aliphatic heterocycles. The van der Waals surface area contributed by atoms with Crippen LogP contribution in [0.3, 0.4) is 0 Å². The number of rotatable bonds is 4. The minimum Gasteiger partial charge on any atom is -0.309 e. The van der Waals surface area contributed by atoms with Crippen molar-refractivity contribution in [3.8, 4) is 39.5 Å². The molecule has 0 aliphatic rings. The van der Waals surface area contributed by atoms with Gasteiger partial charge in [-0.1, -0.05) is 127 Å². The van der Waals surface area contributed by atoms with E-state index in [-0.39, 0.29) is 29.7 Å². The Hall–Kier alpha value is -7.22. The molecule has 0 amide bonds. The third-order valence-electron chi connectivity index (χ3n) is 12.3. The Morgan fingerprint density at radius 2 is 1.03 bits per heavy atom. The molecular weight excluding hydrogens is 811 g/mol. The van der Waals surface area contributed by atoms with Gasteiger partial charge in [0.15, 0.2) is 5.82 Å². The monoisotopic (exact) mass is 846 g/mol. The van der Waals surface area contributed by atoms with E-state index in [4.69, 9.17) is 16.8 Å². The highest BCUT2D eigenvalue weighted by molar-refractivity contribution is 7.27. The summed E-state index contributed by atoms with van der Waals surface area (Å²) >= 11 is 5.32. The van der Waals surface area contributed by atoms with Crippen molar-refractivity contribution >= 4 is 127 Å². The Kier molecular flexibility index (Phi) is 6.34. The summed E-state index contributed by atoms with van der Waals surface area (Å²) in [7, 11) is 0. The van der Waals surface area contributed by atoms with Gasteiger partial charge >= 0.3 is 0 Å². The smallest absolute Gasteiger partial charge is 0.160 e. The first kappa shape index (κ1) is 29.9. The molecule has 3 nitrogen and oxygen atoms in total. The first-order chi connectivity index (χ1) is 32.8. The molecular formula is C56H31N3S3. The van der Waals surface area contributed by atoms with E-state index in [9.17, 15) is 0 Å². The number of hydrogen-bond donors (Lipinski definition) is 0. The zero-order valence-corrected chi connectivity index (χ0v) is 35.0. The van der Waals surface area contributed by atoms with Crippen LogP contribution in [0.5, 0.6) is 0 Å². The van der Waals surface area contributed by atoms with Gasteiger partial charge in [-0.3, -0.25) is 0 Å². The van der Waals surface area contributed by atoms with Crippen molar-refractivity contribution in [2.45, 2.75) is 0 Å². The second-order valence-corrected chi connectivity index (χ2v) is 18.9. The van der Waals surface area contributed by atoms with Crippen LogP contribution in [-0.4, -0.2) is 14.5 Å². The van der Waals surface area contributed by atoms with Crippen LogP contribution in [0.25, 0.3) is 133 Å². The molecule has 5 aromatic heterocycles. The standard InChI is InChI=1S/C56H31N3S3/c1-2-12-32(13-3-1)34-24-28-44-43(30-34)49-38-15-4-5-16-39(38)54-50(40-17-7-10-20-46(40)61-54)53(49)59(44)36-26-22-33(23-27-36)51-55-52(41-18-8-11-21-47(41)62-55)58-56(57-51)35-25-29-48-42(31-35)37-14-6-9-19-45(37)60-48/h1-31H/i1D,2D,3D,12D,13D. The van der Waals surface area contributed by atoms with Gasteiger partial charge in [0.2, 0.25) is 0 Å². The molecule has 0 N–H and O–H groups in total. The van der Waals surface area contributed by atoms with Gasteiger partial charge in [0.25, 0.3) is 0 Å². The van der Waals surface area contributed by atoms with E-state index >= 15 is 0 Å². The minimum absolute atomic E-state index is 0.185. The van der Waals surface area contributed by atoms with Crippen molar-refractivity contribution in [1.29, 1.82) is 0 Å². The number of benzene rings is 9. The van der Waals surface area contributed by atoms with Gasteiger partial charge in [0, 0.05) is 83.4 Å². The number of aromatic nitrogens is 3. The summed E-state index contributed by atoms with van der Waals surface area (Å²) in [6, 6.07) is 53.8. The highest BCUT2D eigenvalue weighted by Crippen LogP contribution is 2.49. The maximum Gasteiger partial charge on any atom is 0.160 e.